The SMILES string of the molecule is C[SiH](C)CCCc1ccc(CN)cc1. The predicted molar refractivity (Wildman–Crippen MR) is 66.3 cm³/mol. The second kappa shape index (κ2) is 5.99. The van der Waals surface area contributed by atoms with Crippen LogP contribution in [0, 0.1) is 0 Å². The number of benzene rings is 1. The molecule has 1 aromatic rings. The van der Waals surface area contributed by atoms with Gasteiger partial charge in [0, 0.05) is 15.3 Å². The van der Waals surface area contributed by atoms with Gasteiger partial charge < -0.3 is 5.73 Å². The predicted octanol–water partition coefficient (Wildman–Crippen LogP) is 2.56. The Bertz CT molecular complexity index is 254. The van der Waals surface area contributed by atoms with Crippen LogP contribution in [-0.4, -0.2) is 8.80 Å². The molecule has 2 N–H and O–H groups in total. The van der Waals surface area contributed by atoms with E-state index in [4.69, 9.17) is 5.73 Å². The number of rotatable bonds is 5. The lowest BCUT2D eigenvalue weighted by Crippen LogP contribution is -2.00. The van der Waals surface area contributed by atoms with Gasteiger partial charge in [-0.3, -0.25) is 0 Å². The summed E-state index contributed by atoms with van der Waals surface area (Å²) in [5.41, 5.74) is 8.23. The average molecular weight is 207 g/mol. The Balaban J connectivity index is 2.36. The maximum absolute atomic E-state index is 5.55. The van der Waals surface area contributed by atoms with Gasteiger partial charge in [0.05, 0.1) is 0 Å². The first-order valence-corrected chi connectivity index (χ1v) is 8.63. The first-order chi connectivity index (χ1) is 6.72. The first kappa shape index (κ1) is 11.5. The highest BCUT2D eigenvalue weighted by atomic mass is 28.3. The summed E-state index contributed by atoms with van der Waals surface area (Å²) in [6, 6.07) is 10.2. The molecule has 0 spiro atoms. The summed E-state index contributed by atoms with van der Waals surface area (Å²) in [5.74, 6) is 0. The molecule has 1 nitrogen and oxygen atoms in total. The zero-order valence-electron chi connectivity index (χ0n) is 9.29. The summed E-state index contributed by atoms with van der Waals surface area (Å²) < 4.78 is 0. The fourth-order valence-corrected chi connectivity index (χ4v) is 2.58. The Kier molecular flexibility index (Phi) is 4.91. The molecule has 0 saturated carbocycles. The summed E-state index contributed by atoms with van der Waals surface area (Å²) in [5, 5.41) is 0. The minimum Gasteiger partial charge on any atom is -0.326 e. The molecule has 0 saturated heterocycles. The largest absolute Gasteiger partial charge is 0.326 e. The van der Waals surface area contributed by atoms with Crippen molar-refractivity contribution in [3.05, 3.63) is 35.4 Å². The Morgan fingerprint density at radius 2 is 1.64 bits per heavy atom. The quantitative estimate of drug-likeness (QED) is 0.738. The van der Waals surface area contributed by atoms with Crippen LogP contribution in [0.1, 0.15) is 17.5 Å². The number of hydrogen-bond donors (Lipinski definition) is 1. The van der Waals surface area contributed by atoms with E-state index in [0.29, 0.717) is 6.54 Å². The molecule has 14 heavy (non-hydrogen) atoms. The third-order valence-electron chi connectivity index (χ3n) is 2.51. The van der Waals surface area contributed by atoms with Crippen LogP contribution in [0.3, 0.4) is 0 Å². The van der Waals surface area contributed by atoms with E-state index in [1.54, 1.807) is 0 Å². The van der Waals surface area contributed by atoms with Crippen LogP contribution < -0.4 is 5.73 Å². The van der Waals surface area contributed by atoms with E-state index in [1.807, 2.05) is 0 Å². The van der Waals surface area contributed by atoms with Crippen molar-refractivity contribution in [3.63, 3.8) is 0 Å². The normalized spacial score (nSPS) is 10.9. The summed E-state index contributed by atoms with van der Waals surface area (Å²) in [6.07, 6.45) is 2.59. The van der Waals surface area contributed by atoms with E-state index in [-0.39, 0.29) is 8.80 Å². The van der Waals surface area contributed by atoms with E-state index in [2.05, 4.69) is 37.4 Å². The van der Waals surface area contributed by atoms with E-state index < -0.39 is 0 Å². The molecular formula is C12H21NSi. The van der Waals surface area contributed by atoms with Crippen molar-refractivity contribution in [2.75, 3.05) is 0 Å². The van der Waals surface area contributed by atoms with Crippen LogP contribution in [0.4, 0.5) is 0 Å². The topological polar surface area (TPSA) is 26.0 Å². The van der Waals surface area contributed by atoms with Crippen LogP contribution in [0.5, 0.6) is 0 Å². The Labute approximate surface area is 88.9 Å². The van der Waals surface area contributed by atoms with Gasteiger partial charge in [0.2, 0.25) is 0 Å². The zero-order valence-corrected chi connectivity index (χ0v) is 10.4. The number of aryl methyl sites for hydroxylation is 1. The van der Waals surface area contributed by atoms with Gasteiger partial charge in [-0.15, -0.1) is 0 Å². The van der Waals surface area contributed by atoms with E-state index in [0.717, 1.165) is 0 Å². The maximum Gasteiger partial charge on any atom is 0.0305 e. The molecule has 0 bridgehead atoms. The second-order valence-corrected chi connectivity index (χ2v) is 7.67. The average Bonchev–Trinajstić information content (AvgIpc) is 2.18. The summed E-state index contributed by atoms with van der Waals surface area (Å²) in [4.78, 5) is 0. The fourth-order valence-electron chi connectivity index (χ4n) is 1.56. The number of hydrogen-bond acceptors (Lipinski definition) is 1. The van der Waals surface area contributed by atoms with E-state index in [9.17, 15) is 0 Å². The van der Waals surface area contributed by atoms with Gasteiger partial charge in [0.1, 0.15) is 0 Å². The third kappa shape index (κ3) is 4.07. The lowest BCUT2D eigenvalue weighted by molar-refractivity contribution is 0.907. The summed E-state index contributed by atoms with van der Waals surface area (Å²) in [7, 11) is -0.348. The second-order valence-electron chi connectivity index (χ2n) is 4.31. The van der Waals surface area contributed by atoms with Gasteiger partial charge in [-0.2, -0.15) is 0 Å². The van der Waals surface area contributed by atoms with Crippen LogP contribution in [0.25, 0.3) is 0 Å². The van der Waals surface area contributed by atoms with Crippen molar-refractivity contribution in [1.29, 1.82) is 0 Å². The summed E-state index contributed by atoms with van der Waals surface area (Å²) in [6.45, 7) is 5.48. The van der Waals surface area contributed by atoms with Gasteiger partial charge in [-0.05, 0) is 17.5 Å². The van der Waals surface area contributed by atoms with Gasteiger partial charge >= 0.3 is 0 Å². The van der Waals surface area contributed by atoms with Gasteiger partial charge in [0.15, 0.2) is 0 Å². The highest BCUT2D eigenvalue weighted by Gasteiger charge is 1.97. The lowest BCUT2D eigenvalue weighted by Gasteiger charge is -2.04. The van der Waals surface area contributed by atoms with Crippen LogP contribution in [0.15, 0.2) is 24.3 Å². The van der Waals surface area contributed by atoms with Crippen LogP contribution in [0.2, 0.25) is 19.1 Å². The summed E-state index contributed by atoms with van der Waals surface area (Å²) >= 11 is 0. The Morgan fingerprint density at radius 1 is 1.07 bits per heavy atom. The maximum atomic E-state index is 5.55. The molecule has 0 fully saturated rings. The highest BCUT2D eigenvalue weighted by Crippen LogP contribution is 2.09. The molecule has 0 atom stereocenters. The van der Waals surface area contributed by atoms with Crippen LogP contribution >= 0.6 is 0 Å². The van der Waals surface area contributed by atoms with Crippen molar-refractivity contribution in [2.45, 2.75) is 38.5 Å². The van der Waals surface area contributed by atoms with Crippen molar-refractivity contribution >= 4 is 8.80 Å². The molecule has 1 rings (SSSR count). The third-order valence-corrected chi connectivity index (χ3v) is 4.07. The van der Waals surface area contributed by atoms with Crippen molar-refractivity contribution < 1.29 is 0 Å². The number of nitrogens with two attached hydrogens (primary N) is 1. The molecule has 0 radical (unpaired) electrons. The molecule has 1 aromatic carbocycles. The molecule has 0 aromatic heterocycles. The zero-order chi connectivity index (χ0) is 10.4. The lowest BCUT2D eigenvalue weighted by atomic mass is 10.1. The molecule has 0 unspecified atom stereocenters. The molecular weight excluding hydrogens is 186 g/mol. The Morgan fingerprint density at radius 3 is 2.14 bits per heavy atom. The molecule has 0 aliphatic carbocycles. The van der Waals surface area contributed by atoms with Gasteiger partial charge in [0.25, 0.3) is 0 Å². The van der Waals surface area contributed by atoms with Gasteiger partial charge in [-0.25, -0.2) is 0 Å². The minimum atomic E-state index is -0.348. The molecule has 0 aliphatic rings. The molecule has 2 heteroatoms. The molecule has 0 aliphatic heterocycles. The fraction of sp³-hybridized carbons (Fsp3) is 0.500. The van der Waals surface area contributed by atoms with E-state index in [1.165, 1.54) is 30.0 Å². The standard InChI is InChI=1S/C12H21NSi/c1-14(2)9-3-4-11-5-7-12(10-13)8-6-11/h5-8,14H,3-4,9-10,13H2,1-2H3. The Hall–Kier alpha value is -0.603. The minimum absolute atomic E-state index is 0.348. The van der Waals surface area contributed by atoms with Crippen molar-refractivity contribution in [3.8, 4) is 0 Å². The van der Waals surface area contributed by atoms with Crippen LogP contribution in [-0.2, 0) is 13.0 Å². The molecule has 0 amide bonds. The molecule has 0 heterocycles. The highest BCUT2D eigenvalue weighted by molar-refractivity contribution is 6.55. The molecule has 78 valence electrons. The van der Waals surface area contributed by atoms with Crippen molar-refractivity contribution in [2.24, 2.45) is 5.73 Å². The van der Waals surface area contributed by atoms with Gasteiger partial charge in [-0.1, -0.05) is 49.8 Å². The monoisotopic (exact) mass is 207 g/mol. The van der Waals surface area contributed by atoms with E-state index >= 15 is 0 Å². The smallest absolute Gasteiger partial charge is 0.0305 e. The van der Waals surface area contributed by atoms with Crippen molar-refractivity contribution in [1.82, 2.24) is 0 Å². The first-order valence-electron chi connectivity index (χ1n) is 5.50.